The molecule has 0 saturated heterocycles. The minimum absolute atomic E-state index is 0.0361. The normalized spacial score (nSPS) is 11.7. The first-order chi connectivity index (χ1) is 20.6. The number of benzene rings is 3. The maximum absolute atomic E-state index is 15.2. The van der Waals surface area contributed by atoms with Gasteiger partial charge in [0.25, 0.3) is 5.91 Å². The summed E-state index contributed by atoms with van der Waals surface area (Å²) < 4.78 is 60.5. The summed E-state index contributed by atoms with van der Waals surface area (Å²) in [5, 5.41) is 8.97. The van der Waals surface area contributed by atoms with Crippen molar-refractivity contribution in [2.24, 2.45) is 0 Å². The molecule has 1 amide bonds. The van der Waals surface area contributed by atoms with Crippen LogP contribution < -0.4 is 21.1 Å². The lowest BCUT2D eigenvalue weighted by molar-refractivity contribution is -0.123. The molecule has 0 saturated carbocycles. The highest BCUT2D eigenvalue weighted by Gasteiger charge is 2.29. The third-order valence-electron chi connectivity index (χ3n) is 6.54. The van der Waals surface area contributed by atoms with Crippen molar-refractivity contribution in [2.75, 3.05) is 17.6 Å². The van der Waals surface area contributed by atoms with Gasteiger partial charge in [-0.05, 0) is 48.9 Å². The molecule has 3 aromatic carbocycles. The van der Waals surface area contributed by atoms with Crippen molar-refractivity contribution >= 4 is 39.9 Å². The Bertz CT molecular complexity index is 1970. The average Bonchev–Trinajstić information content (AvgIpc) is 3.57. The highest BCUT2D eigenvalue weighted by molar-refractivity contribution is 6.07. The number of hydrogen-bond acceptors (Lipinski definition) is 7. The van der Waals surface area contributed by atoms with Gasteiger partial charge in [-0.25, -0.2) is 18.9 Å². The number of H-pyrrole nitrogens is 1. The fraction of sp³-hybridized carbons (Fsp3) is 0.103. The number of aromatic amines is 1. The molecule has 0 spiro atoms. The molecule has 0 bridgehead atoms. The van der Waals surface area contributed by atoms with E-state index in [4.69, 9.17) is 10.5 Å². The summed E-state index contributed by atoms with van der Waals surface area (Å²) in [4.78, 5) is 24.0. The largest absolute Gasteiger partial charge is 0.454 e. The van der Waals surface area contributed by atoms with Crippen molar-refractivity contribution in [3.8, 4) is 22.6 Å². The molecule has 0 aliphatic carbocycles. The van der Waals surface area contributed by atoms with E-state index < -0.39 is 24.4 Å². The minimum Gasteiger partial charge on any atom is -0.454 e. The van der Waals surface area contributed by atoms with Crippen molar-refractivity contribution in [1.29, 1.82) is 0 Å². The number of nitrogens with zero attached hydrogens (tertiary/aromatic N) is 4. The Balaban J connectivity index is 1.27. The predicted molar refractivity (Wildman–Crippen MR) is 152 cm³/mol. The third-order valence-corrected chi connectivity index (χ3v) is 6.54. The van der Waals surface area contributed by atoms with Crippen LogP contribution in [0.5, 0.6) is 11.5 Å². The van der Waals surface area contributed by atoms with E-state index in [-0.39, 0.29) is 39.7 Å². The van der Waals surface area contributed by atoms with Gasteiger partial charge in [-0.2, -0.15) is 18.3 Å². The molecule has 0 aliphatic heterocycles. The maximum Gasteiger partial charge on any atom is 0.405 e. The number of nitrogen functional groups attached to an aromatic ring is 1. The van der Waals surface area contributed by atoms with Gasteiger partial charge >= 0.3 is 6.18 Å². The van der Waals surface area contributed by atoms with Gasteiger partial charge in [0, 0.05) is 17.4 Å². The highest BCUT2D eigenvalue weighted by Crippen LogP contribution is 2.34. The number of carbonyl (C=O) groups excluding carboxylic acids is 1. The smallest absolute Gasteiger partial charge is 0.405 e. The lowest BCUT2D eigenvalue weighted by Gasteiger charge is -2.10. The van der Waals surface area contributed by atoms with E-state index in [9.17, 15) is 18.0 Å². The van der Waals surface area contributed by atoms with Gasteiger partial charge in [-0.3, -0.25) is 4.79 Å². The number of halogens is 4. The molecule has 0 atom stereocenters. The number of amides is 1. The highest BCUT2D eigenvalue weighted by atomic mass is 19.4. The molecule has 3 heterocycles. The van der Waals surface area contributed by atoms with Crippen molar-refractivity contribution in [3.05, 3.63) is 90.1 Å². The second-order valence-electron chi connectivity index (χ2n) is 9.63. The van der Waals surface area contributed by atoms with Gasteiger partial charge in [-0.1, -0.05) is 29.8 Å². The summed E-state index contributed by atoms with van der Waals surface area (Å²) >= 11 is 0. The molecule has 6 aromatic rings. The number of nitrogens with one attached hydrogen (secondary N) is 3. The number of anilines is 3. The van der Waals surface area contributed by atoms with Gasteiger partial charge in [0.2, 0.25) is 5.95 Å². The Morgan fingerprint density at radius 2 is 1.81 bits per heavy atom. The number of alkyl halides is 3. The second-order valence-corrected chi connectivity index (χ2v) is 9.63. The van der Waals surface area contributed by atoms with Gasteiger partial charge in [0.05, 0.1) is 11.1 Å². The minimum atomic E-state index is -4.59. The van der Waals surface area contributed by atoms with E-state index in [1.54, 1.807) is 42.5 Å². The lowest BCUT2D eigenvalue weighted by atomic mass is 10.0. The molecular formula is C29H22F4N8O2. The first-order valence-corrected chi connectivity index (χ1v) is 12.8. The molecule has 5 N–H and O–H groups in total. The number of nitrogens with two attached hydrogens (primary N) is 1. The van der Waals surface area contributed by atoms with Gasteiger partial charge in [0.1, 0.15) is 29.7 Å². The third kappa shape index (κ3) is 5.62. The fourth-order valence-corrected chi connectivity index (χ4v) is 4.53. The number of fused-ring (bicyclic) bond motifs is 2. The van der Waals surface area contributed by atoms with Gasteiger partial charge in [-0.15, -0.1) is 0 Å². The number of rotatable bonds is 7. The van der Waals surface area contributed by atoms with Crippen LogP contribution in [0.3, 0.4) is 0 Å². The molecule has 43 heavy (non-hydrogen) atoms. The summed E-state index contributed by atoms with van der Waals surface area (Å²) in [6.07, 6.45) is -2.12. The van der Waals surface area contributed by atoms with Gasteiger partial charge in [0.15, 0.2) is 17.4 Å². The van der Waals surface area contributed by atoms with Crippen LogP contribution in [0.25, 0.3) is 27.7 Å². The summed E-state index contributed by atoms with van der Waals surface area (Å²) in [7, 11) is 0. The number of hydrogen-bond donors (Lipinski definition) is 4. The Hall–Kier alpha value is -5.66. The van der Waals surface area contributed by atoms with E-state index in [0.717, 1.165) is 5.56 Å². The van der Waals surface area contributed by atoms with E-state index >= 15 is 4.39 Å². The van der Waals surface area contributed by atoms with Crippen LogP contribution in [0.4, 0.5) is 35.0 Å². The lowest BCUT2D eigenvalue weighted by Crippen LogP contribution is -2.33. The van der Waals surface area contributed by atoms with E-state index in [2.05, 4.69) is 25.4 Å². The fourth-order valence-electron chi connectivity index (χ4n) is 4.53. The first-order valence-electron chi connectivity index (χ1n) is 12.8. The van der Waals surface area contributed by atoms with Crippen LogP contribution in [-0.2, 0) is 0 Å². The monoisotopic (exact) mass is 590 g/mol. The van der Waals surface area contributed by atoms with Crippen LogP contribution in [0.15, 0.2) is 73.2 Å². The summed E-state index contributed by atoms with van der Waals surface area (Å²) in [5.41, 5.74) is 9.10. The Labute approximate surface area is 240 Å². The maximum atomic E-state index is 15.2. The van der Waals surface area contributed by atoms with Gasteiger partial charge < -0.3 is 26.1 Å². The number of aromatic nitrogens is 5. The Morgan fingerprint density at radius 1 is 1.07 bits per heavy atom. The van der Waals surface area contributed by atoms with E-state index in [0.29, 0.717) is 22.5 Å². The summed E-state index contributed by atoms with van der Waals surface area (Å²) in [6, 6.07) is 16.9. The standard InChI is InChI=1S/C29H22F4N8O2/c1-15-2-8-18(9-3-15)43-21-11-10-20-24(23(21)30)40-28(39-20)38-17-6-4-16(5-7-17)22-19(27(42)35-13-29(31,32)33)12-41-25(22)26(34)36-14-37-41/h2-12,14H,13H2,1H3,(H,35,42)(H2,34,36,37)(H2,38,39,40). The van der Waals surface area contributed by atoms with E-state index in [1.807, 2.05) is 24.4 Å². The number of imidazole rings is 1. The molecule has 14 heteroatoms. The zero-order valence-corrected chi connectivity index (χ0v) is 22.3. The molecule has 0 aliphatic rings. The molecule has 10 nitrogen and oxygen atoms in total. The molecule has 0 radical (unpaired) electrons. The predicted octanol–water partition coefficient (Wildman–Crippen LogP) is 6.13. The molecule has 0 unspecified atom stereocenters. The van der Waals surface area contributed by atoms with E-state index in [1.165, 1.54) is 23.1 Å². The zero-order chi connectivity index (χ0) is 30.3. The van der Waals surface area contributed by atoms with Crippen LogP contribution >= 0.6 is 0 Å². The average molecular weight is 591 g/mol. The molecular weight excluding hydrogens is 568 g/mol. The molecule has 3 aromatic heterocycles. The Morgan fingerprint density at radius 3 is 2.53 bits per heavy atom. The topological polar surface area (TPSA) is 135 Å². The van der Waals surface area contributed by atoms with Crippen LogP contribution in [-0.4, -0.2) is 43.2 Å². The second kappa shape index (κ2) is 10.6. The summed E-state index contributed by atoms with van der Waals surface area (Å²) in [5.74, 6) is -0.730. The Kier molecular flexibility index (Phi) is 6.80. The first kappa shape index (κ1) is 27.5. The van der Waals surface area contributed by atoms with Crippen LogP contribution in [0.2, 0.25) is 0 Å². The number of aryl methyl sites for hydroxylation is 1. The zero-order valence-electron chi connectivity index (χ0n) is 22.3. The summed E-state index contributed by atoms with van der Waals surface area (Å²) in [6.45, 7) is 0.439. The SMILES string of the molecule is Cc1ccc(Oc2ccc3nc(Nc4ccc(-c5c(C(=O)NCC(F)(F)F)cn6ncnc(N)c56)cc4)[nH]c3c2F)cc1. The van der Waals surface area contributed by atoms with Crippen molar-refractivity contribution in [1.82, 2.24) is 29.9 Å². The number of carbonyl (C=O) groups is 1. The molecule has 0 fully saturated rings. The van der Waals surface area contributed by atoms with Crippen molar-refractivity contribution < 1.29 is 27.1 Å². The van der Waals surface area contributed by atoms with Crippen LogP contribution in [0.1, 0.15) is 15.9 Å². The van der Waals surface area contributed by atoms with Crippen molar-refractivity contribution in [2.45, 2.75) is 13.1 Å². The molecule has 6 rings (SSSR count). The van der Waals surface area contributed by atoms with Crippen molar-refractivity contribution in [3.63, 3.8) is 0 Å². The van der Waals surface area contributed by atoms with Crippen LogP contribution in [0, 0.1) is 12.7 Å². The number of ether oxygens (including phenoxy) is 1. The quantitative estimate of drug-likeness (QED) is 0.164. The molecule has 218 valence electrons.